The number of pyridine rings is 1. The van der Waals surface area contributed by atoms with Crippen LogP contribution < -0.4 is 11.1 Å². The number of nitrogens with two attached hydrogens (primary N) is 1. The summed E-state index contributed by atoms with van der Waals surface area (Å²) in [6.45, 7) is 0.185. The number of primary amides is 1. The summed E-state index contributed by atoms with van der Waals surface area (Å²) in [4.78, 5) is 19.6. The lowest BCUT2D eigenvalue weighted by molar-refractivity contribution is 0.0963. The van der Waals surface area contributed by atoms with E-state index in [1.807, 2.05) is 0 Å². The standard InChI is InChI=1S/C20H18F2N6O2/c21-12-7-20(8-12,17-14(22)2-1-5-24-17)10-26-19-25-9-15(27-28-19)13-6-11(18(23)30)3-4-16(13)29/h1-6,9,12,29H,7-8,10H2,(H2,23,30)(H,25,26,28). The molecule has 1 saturated carbocycles. The van der Waals surface area contributed by atoms with E-state index < -0.39 is 23.3 Å². The third-order valence-corrected chi connectivity index (χ3v) is 5.19. The second kappa shape index (κ2) is 7.62. The van der Waals surface area contributed by atoms with Crippen molar-refractivity contribution in [1.29, 1.82) is 0 Å². The summed E-state index contributed by atoms with van der Waals surface area (Å²) >= 11 is 0. The summed E-state index contributed by atoms with van der Waals surface area (Å²) in [5, 5.41) is 21.0. The number of aromatic nitrogens is 4. The molecule has 1 fully saturated rings. The highest BCUT2D eigenvalue weighted by Crippen LogP contribution is 2.45. The number of carbonyl (C=O) groups excluding carboxylic acids is 1. The van der Waals surface area contributed by atoms with Gasteiger partial charge in [-0.25, -0.2) is 13.8 Å². The first kappa shape index (κ1) is 19.6. The van der Waals surface area contributed by atoms with Crippen molar-refractivity contribution in [2.24, 2.45) is 5.73 Å². The fourth-order valence-electron chi connectivity index (χ4n) is 3.61. The zero-order chi connectivity index (χ0) is 21.3. The van der Waals surface area contributed by atoms with Gasteiger partial charge in [0.1, 0.15) is 23.4 Å². The predicted molar refractivity (Wildman–Crippen MR) is 104 cm³/mol. The van der Waals surface area contributed by atoms with Gasteiger partial charge in [0.25, 0.3) is 0 Å². The van der Waals surface area contributed by atoms with Crippen LogP contribution in [0.15, 0.2) is 42.7 Å². The molecule has 1 aliphatic rings. The molecule has 2 heterocycles. The van der Waals surface area contributed by atoms with E-state index in [1.165, 1.54) is 42.7 Å². The number of aromatic hydroxyl groups is 1. The van der Waals surface area contributed by atoms with Gasteiger partial charge in [0.2, 0.25) is 11.9 Å². The van der Waals surface area contributed by atoms with E-state index in [4.69, 9.17) is 5.73 Å². The molecule has 0 unspecified atom stereocenters. The van der Waals surface area contributed by atoms with Crippen molar-refractivity contribution in [3.63, 3.8) is 0 Å². The van der Waals surface area contributed by atoms with Crippen LogP contribution in [0.3, 0.4) is 0 Å². The highest BCUT2D eigenvalue weighted by atomic mass is 19.1. The zero-order valence-corrected chi connectivity index (χ0v) is 15.7. The molecular weight excluding hydrogens is 394 g/mol. The average Bonchev–Trinajstić information content (AvgIpc) is 2.71. The number of phenols is 1. The summed E-state index contributed by atoms with van der Waals surface area (Å²) in [7, 11) is 0. The van der Waals surface area contributed by atoms with Gasteiger partial charge in [-0.05, 0) is 43.2 Å². The van der Waals surface area contributed by atoms with Gasteiger partial charge < -0.3 is 16.2 Å². The van der Waals surface area contributed by atoms with Crippen LogP contribution in [0.25, 0.3) is 11.3 Å². The van der Waals surface area contributed by atoms with Crippen molar-refractivity contribution in [2.75, 3.05) is 11.9 Å². The predicted octanol–water partition coefficient (Wildman–Crippen LogP) is 2.36. The maximum atomic E-state index is 14.2. The van der Waals surface area contributed by atoms with Crippen molar-refractivity contribution in [1.82, 2.24) is 20.2 Å². The minimum Gasteiger partial charge on any atom is -0.507 e. The van der Waals surface area contributed by atoms with Crippen molar-refractivity contribution in [3.8, 4) is 17.0 Å². The number of nitrogens with one attached hydrogen (secondary N) is 1. The van der Waals surface area contributed by atoms with Crippen molar-refractivity contribution < 1.29 is 18.7 Å². The first-order chi connectivity index (χ1) is 14.4. The lowest BCUT2D eigenvalue weighted by Crippen LogP contribution is -2.49. The smallest absolute Gasteiger partial charge is 0.248 e. The van der Waals surface area contributed by atoms with Gasteiger partial charge in [-0.1, -0.05) is 0 Å². The summed E-state index contributed by atoms with van der Waals surface area (Å²) in [5.74, 6) is -1.08. The first-order valence-electron chi connectivity index (χ1n) is 9.20. The second-order valence-corrected chi connectivity index (χ2v) is 7.24. The molecule has 0 saturated heterocycles. The van der Waals surface area contributed by atoms with E-state index in [0.29, 0.717) is 0 Å². The van der Waals surface area contributed by atoms with Crippen LogP contribution in [0.2, 0.25) is 0 Å². The second-order valence-electron chi connectivity index (χ2n) is 7.24. The number of hydrogen-bond donors (Lipinski definition) is 3. The lowest BCUT2D eigenvalue weighted by atomic mass is 9.65. The number of halogens is 2. The van der Waals surface area contributed by atoms with E-state index in [-0.39, 0.29) is 53.6 Å². The summed E-state index contributed by atoms with van der Waals surface area (Å²) in [5.41, 5.74) is 5.38. The Balaban J connectivity index is 1.52. The maximum Gasteiger partial charge on any atom is 0.248 e. The zero-order valence-electron chi connectivity index (χ0n) is 15.7. The lowest BCUT2D eigenvalue weighted by Gasteiger charge is -2.43. The quantitative estimate of drug-likeness (QED) is 0.567. The molecule has 30 heavy (non-hydrogen) atoms. The number of nitrogens with zero attached hydrogens (tertiary/aromatic N) is 4. The summed E-state index contributed by atoms with van der Waals surface area (Å²) in [6, 6.07) is 6.91. The highest BCUT2D eigenvalue weighted by molar-refractivity contribution is 5.94. The monoisotopic (exact) mass is 412 g/mol. The number of alkyl halides is 1. The number of carbonyl (C=O) groups is 1. The van der Waals surface area contributed by atoms with Crippen molar-refractivity contribution in [2.45, 2.75) is 24.4 Å². The molecule has 0 spiro atoms. The Morgan fingerprint density at radius 1 is 1.27 bits per heavy atom. The third kappa shape index (κ3) is 3.63. The molecule has 0 radical (unpaired) electrons. The van der Waals surface area contributed by atoms with Crippen LogP contribution in [-0.4, -0.2) is 43.9 Å². The normalized spacial score (nSPS) is 20.4. The van der Waals surface area contributed by atoms with Gasteiger partial charge in [-0.15, -0.1) is 10.2 Å². The molecule has 4 N–H and O–H groups in total. The fraction of sp³-hybridized carbons (Fsp3) is 0.250. The number of anilines is 1. The Hall–Kier alpha value is -3.69. The number of amides is 1. The van der Waals surface area contributed by atoms with Crippen molar-refractivity contribution >= 4 is 11.9 Å². The van der Waals surface area contributed by atoms with E-state index in [9.17, 15) is 18.7 Å². The fourth-order valence-corrected chi connectivity index (χ4v) is 3.61. The van der Waals surface area contributed by atoms with Crippen LogP contribution >= 0.6 is 0 Å². The van der Waals surface area contributed by atoms with E-state index in [1.54, 1.807) is 0 Å². The van der Waals surface area contributed by atoms with Crippen LogP contribution in [0, 0.1) is 5.82 Å². The number of benzene rings is 1. The Kier molecular flexibility index (Phi) is 4.98. The van der Waals surface area contributed by atoms with E-state index >= 15 is 0 Å². The topological polar surface area (TPSA) is 127 Å². The molecule has 0 bridgehead atoms. The molecule has 3 aromatic rings. The Morgan fingerprint density at radius 2 is 2.07 bits per heavy atom. The Labute approximate surface area is 170 Å². The molecule has 0 atom stereocenters. The summed E-state index contributed by atoms with van der Waals surface area (Å²) in [6.07, 6.45) is 2.11. The molecule has 1 amide bonds. The SMILES string of the molecule is NC(=O)c1ccc(O)c(-c2cnc(NCC3(c4ncccc4F)CC(F)C3)nn2)c1. The van der Waals surface area contributed by atoms with Gasteiger partial charge in [0.05, 0.1) is 11.9 Å². The van der Waals surface area contributed by atoms with Gasteiger partial charge in [0, 0.05) is 29.3 Å². The van der Waals surface area contributed by atoms with Gasteiger partial charge >= 0.3 is 0 Å². The molecule has 8 nitrogen and oxygen atoms in total. The number of hydrogen-bond acceptors (Lipinski definition) is 7. The highest BCUT2D eigenvalue weighted by Gasteiger charge is 2.48. The Bertz CT molecular complexity index is 1090. The van der Waals surface area contributed by atoms with Crippen LogP contribution in [-0.2, 0) is 5.41 Å². The average molecular weight is 412 g/mol. The van der Waals surface area contributed by atoms with Crippen LogP contribution in [0.4, 0.5) is 14.7 Å². The molecule has 2 aromatic heterocycles. The molecule has 1 aromatic carbocycles. The third-order valence-electron chi connectivity index (χ3n) is 5.19. The number of phenolic OH excluding ortho intramolecular Hbond substituents is 1. The van der Waals surface area contributed by atoms with E-state index in [0.717, 1.165) is 0 Å². The largest absolute Gasteiger partial charge is 0.507 e. The molecule has 0 aliphatic heterocycles. The minimum atomic E-state index is -1.02. The van der Waals surface area contributed by atoms with Gasteiger partial charge in [0.15, 0.2) is 0 Å². The van der Waals surface area contributed by atoms with Crippen LogP contribution in [0.5, 0.6) is 5.75 Å². The number of rotatable bonds is 6. The minimum absolute atomic E-state index is 0.107. The molecular formula is C20H18F2N6O2. The molecule has 154 valence electrons. The van der Waals surface area contributed by atoms with Gasteiger partial charge in [-0.2, -0.15) is 0 Å². The van der Waals surface area contributed by atoms with Gasteiger partial charge in [-0.3, -0.25) is 9.78 Å². The maximum absolute atomic E-state index is 14.2. The molecule has 4 rings (SSSR count). The van der Waals surface area contributed by atoms with Crippen LogP contribution in [0.1, 0.15) is 28.9 Å². The molecule has 10 heteroatoms. The first-order valence-corrected chi connectivity index (χ1v) is 9.20. The van der Waals surface area contributed by atoms with Crippen molar-refractivity contribution in [3.05, 3.63) is 59.8 Å². The molecule has 1 aliphatic carbocycles. The van der Waals surface area contributed by atoms with E-state index in [2.05, 4.69) is 25.5 Å². The Morgan fingerprint density at radius 3 is 2.70 bits per heavy atom. The summed E-state index contributed by atoms with van der Waals surface area (Å²) < 4.78 is 27.9.